The lowest BCUT2D eigenvalue weighted by Crippen LogP contribution is -2.47. The van der Waals surface area contributed by atoms with Gasteiger partial charge in [-0.1, -0.05) is 25.0 Å². The van der Waals surface area contributed by atoms with Crippen LogP contribution in [0.4, 0.5) is 5.69 Å². The fraction of sp³-hybridized carbons (Fsp3) is 0.417. The Labute approximate surface area is 199 Å². The van der Waals surface area contributed by atoms with Crippen LogP contribution in [0.2, 0.25) is 0 Å². The van der Waals surface area contributed by atoms with Crippen molar-refractivity contribution in [3.63, 3.8) is 0 Å². The monoisotopic (exact) mass is 488 g/mol. The Morgan fingerprint density at radius 2 is 1.71 bits per heavy atom. The van der Waals surface area contributed by atoms with Crippen LogP contribution in [0.1, 0.15) is 36.0 Å². The number of hydrogen-bond donors (Lipinski definition) is 0. The van der Waals surface area contributed by atoms with E-state index in [1.807, 2.05) is 0 Å². The Balaban J connectivity index is 1.72. The average Bonchev–Trinajstić information content (AvgIpc) is 3.17. The second kappa shape index (κ2) is 10.0. The largest absolute Gasteiger partial charge is 0.495 e. The van der Waals surface area contributed by atoms with Crippen LogP contribution in [0.25, 0.3) is 0 Å². The summed E-state index contributed by atoms with van der Waals surface area (Å²) in [5.74, 6) is -0.523. The molecule has 9 nitrogen and oxygen atoms in total. The van der Waals surface area contributed by atoms with E-state index in [-0.39, 0.29) is 22.8 Å². The van der Waals surface area contributed by atoms with Gasteiger partial charge in [0.05, 0.1) is 26.5 Å². The molecular weight excluding hydrogens is 460 g/mol. The minimum atomic E-state index is -3.86. The van der Waals surface area contributed by atoms with Gasteiger partial charge in [0, 0.05) is 18.7 Å². The molecule has 2 aromatic rings. The van der Waals surface area contributed by atoms with E-state index in [1.165, 1.54) is 41.6 Å². The number of benzene rings is 2. The van der Waals surface area contributed by atoms with E-state index in [4.69, 9.17) is 14.2 Å². The number of rotatable bonds is 5. The SMILES string of the molecule is COC(=O)C1CN(C(=O)c2ccc(OC)c(S(=O)(=O)N3CCCCCC3)c2)c2ccccc2O1. The molecule has 2 aromatic carbocycles. The number of nitrogens with zero attached hydrogens (tertiary/aromatic N) is 2. The highest BCUT2D eigenvalue weighted by Crippen LogP contribution is 2.35. The Morgan fingerprint density at radius 3 is 2.38 bits per heavy atom. The summed E-state index contributed by atoms with van der Waals surface area (Å²) in [5.41, 5.74) is 0.648. The minimum absolute atomic E-state index is 0.0474. The first kappa shape index (κ1) is 24.0. The van der Waals surface area contributed by atoms with Crippen molar-refractivity contribution in [2.45, 2.75) is 36.7 Å². The number of esters is 1. The zero-order valence-corrected chi connectivity index (χ0v) is 20.0. The summed E-state index contributed by atoms with van der Waals surface area (Å²) in [5, 5.41) is 0. The molecule has 2 aliphatic heterocycles. The molecule has 0 aliphatic carbocycles. The zero-order chi connectivity index (χ0) is 24.3. The van der Waals surface area contributed by atoms with Gasteiger partial charge < -0.3 is 19.1 Å². The van der Waals surface area contributed by atoms with E-state index < -0.39 is 28.0 Å². The smallest absolute Gasteiger partial charge is 0.348 e. The van der Waals surface area contributed by atoms with Crippen LogP contribution in [-0.4, -0.2) is 64.6 Å². The van der Waals surface area contributed by atoms with Gasteiger partial charge in [-0.2, -0.15) is 4.31 Å². The number of fused-ring (bicyclic) bond motifs is 1. The number of carbonyl (C=O) groups excluding carboxylic acids is 2. The number of para-hydroxylation sites is 2. The number of anilines is 1. The fourth-order valence-electron chi connectivity index (χ4n) is 4.27. The van der Waals surface area contributed by atoms with Crippen molar-refractivity contribution in [1.29, 1.82) is 0 Å². The molecule has 0 bridgehead atoms. The third kappa shape index (κ3) is 4.60. The number of methoxy groups -OCH3 is 2. The number of sulfonamides is 1. The second-order valence-corrected chi connectivity index (χ2v) is 10.1. The summed E-state index contributed by atoms with van der Waals surface area (Å²) in [6, 6.07) is 11.2. The number of amides is 1. The molecule has 1 amide bonds. The topological polar surface area (TPSA) is 102 Å². The van der Waals surface area contributed by atoms with Crippen molar-refractivity contribution in [2.75, 3.05) is 38.8 Å². The quantitative estimate of drug-likeness (QED) is 0.597. The highest BCUT2D eigenvalue weighted by atomic mass is 32.2. The van der Waals surface area contributed by atoms with Crippen molar-refractivity contribution in [2.24, 2.45) is 0 Å². The van der Waals surface area contributed by atoms with Gasteiger partial charge in [0.1, 0.15) is 16.4 Å². The first-order valence-corrected chi connectivity index (χ1v) is 12.6. The maximum Gasteiger partial charge on any atom is 0.348 e. The molecule has 1 unspecified atom stereocenters. The zero-order valence-electron chi connectivity index (χ0n) is 19.2. The van der Waals surface area contributed by atoms with Gasteiger partial charge in [-0.25, -0.2) is 13.2 Å². The Bertz CT molecular complexity index is 1170. The Hall–Kier alpha value is -3.11. The lowest BCUT2D eigenvalue weighted by molar-refractivity contribution is -0.148. The maximum atomic E-state index is 13.6. The predicted octanol–water partition coefficient (Wildman–Crippen LogP) is 2.84. The van der Waals surface area contributed by atoms with Crippen LogP contribution >= 0.6 is 0 Å². The summed E-state index contributed by atoms with van der Waals surface area (Å²) in [7, 11) is -1.21. The predicted molar refractivity (Wildman–Crippen MR) is 125 cm³/mol. The molecule has 0 aromatic heterocycles. The van der Waals surface area contributed by atoms with Gasteiger partial charge in [0.15, 0.2) is 0 Å². The normalized spacial score (nSPS) is 18.9. The van der Waals surface area contributed by atoms with Crippen LogP contribution in [-0.2, 0) is 19.6 Å². The number of hydrogen-bond acceptors (Lipinski definition) is 7. The van der Waals surface area contributed by atoms with E-state index in [9.17, 15) is 18.0 Å². The van der Waals surface area contributed by atoms with E-state index in [0.29, 0.717) is 24.5 Å². The van der Waals surface area contributed by atoms with E-state index in [1.54, 1.807) is 24.3 Å². The van der Waals surface area contributed by atoms with Crippen molar-refractivity contribution in [1.82, 2.24) is 4.31 Å². The maximum absolute atomic E-state index is 13.6. The molecule has 4 rings (SSSR count). The van der Waals surface area contributed by atoms with Crippen molar-refractivity contribution >= 4 is 27.6 Å². The standard InChI is InChI=1S/C24H28N2O7S/c1-31-20-12-11-17(15-22(20)34(29,30)25-13-7-3-4-8-14-25)23(27)26-16-21(24(28)32-2)33-19-10-6-5-9-18(19)26/h5-6,9-12,15,21H,3-4,7-8,13-14,16H2,1-2H3. The molecule has 1 atom stereocenters. The molecule has 2 aliphatic rings. The highest BCUT2D eigenvalue weighted by Gasteiger charge is 2.36. The Morgan fingerprint density at radius 1 is 1.00 bits per heavy atom. The van der Waals surface area contributed by atoms with Gasteiger partial charge in [-0.05, 0) is 43.2 Å². The summed E-state index contributed by atoms with van der Waals surface area (Å²) in [4.78, 5) is 27.1. The van der Waals surface area contributed by atoms with Crippen molar-refractivity contribution < 1.29 is 32.2 Å². The van der Waals surface area contributed by atoms with Gasteiger partial charge in [-0.15, -0.1) is 0 Å². The van der Waals surface area contributed by atoms with E-state index >= 15 is 0 Å². The summed E-state index contributed by atoms with van der Waals surface area (Å²) >= 11 is 0. The van der Waals surface area contributed by atoms with E-state index in [0.717, 1.165) is 25.7 Å². The van der Waals surface area contributed by atoms with Crippen LogP contribution in [0.5, 0.6) is 11.5 Å². The minimum Gasteiger partial charge on any atom is -0.495 e. The van der Waals surface area contributed by atoms with Crippen LogP contribution in [0, 0.1) is 0 Å². The summed E-state index contributed by atoms with van der Waals surface area (Å²) in [6.45, 7) is 0.797. The lowest BCUT2D eigenvalue weighted by atomic mass is 10.1. The summed E-state index contributed by atoms with van der Waals surface area (Å²) < 4.78 is 44.3. The molecule has 0 saturated carbocycles. The van der Waals surface area contributed by atoms with Crippen LogP contribution < -0.4 is 14.4 Å². The molecule has 0 radical (unpaired) electrons. The van der Waals surface area contributed by atoms with E-state index in [2.05, 4.69) is 0 Å². The lowest BCUT2D eigenvalue weighted by Gasteiger charge is -2.33. The van der Waals surface area contributed by atoms with Gasteiger partial charge in [0.25, 0.3) is 5.91 Å². The third-order valence-corrected chi connectivity index (χ3v) is 8.00. The summed E-state index contributed by atoms with van der Waals surface area (Å²) in [6.07, 6.45) is 2.56. The van der Waals surface area contributed by atoms with Gasteiger partial charge in [-0.3, -0.25) is 4.79 Å². The molecule has 2 heterocycles. The molecule has 0 spiro atoms. The molecule has 0 N–H and O–H groups in total. The first-order chi connectivity index (χ1) is 16.4. The van der Waals surface area contributed by atoms with Crippen LogP contribution in [0.3, 0.4) is 0 Å². The highest BCUT2D eigenvalue weighted by molar-refractivity contribution is 7.89. The molecule has 182 valence electrons. The fourth-order valence-corrected chi connectivity index (χ4v) is 5.97. The van der Waals surface area contributed by atoms with Gasteiger partial charge >= 0.3 is 5.97 Å². The van der Waals surface area contributed by atoms with Crippen molar-refractivity contribution in [3.05, 3.63) is 48.0 Å². The third-order valence-electron chi connectivity index (χ3n) is 6.08. The molecule has 34 heavy (non-hydrogen) atoms. The second-order valence-electron chi connectivity index (χ2n) is 8.20. The van der Waals surface area contributed by atoms with Crippen LogP contribution in [0.15, 0.2) is 47.4 Å². The number of carbonyl (C=O) groups is 2. The van der Waals surface area contributed by atoms with Gasteiger partial charge in [0.2, 0.25) is 16.1 Å². The molecule has 1 saturated heterocycles. The molecule has 1 fully saturated rings. The average molecular weight is 489 g/mol. The molecule has 10 heteroatoms. The molecular formula is C24H28N2O7S. The Kier molecular flexibility index (Phi) is 7.08. The number of ether oxygens (including phenoxy) is 3. The first-order valence-electron chi connectivity index (χ1n) is 11.2. The van der Waals surface area contributed by atoms with Crippen molar-refractivity contribution in [3.8, 4) is 11.5 Å².